The molecule has 1 aromatic rings. The lowest BCUT2D eigenvalue weighted by Gasteiger charge is -2.41. The van der Waals surface area contributed by atoms with Gasteiger partial charge in [0.2, 0.25) is 0 Å². The van der Waals surface area contributed by atoms with E-state index in [4.69, 9.17) is 4.74 Å². The van der Waals surface area contributed by atoms with Crippen molar-refractivity contribution < 1.29 is 19.4 Å². The maximum Gasteiger partial charge on any atom is 0.328 e. The lowest BCUT2D eigenvalue weighted by molar-refractivity contribution is -0.143. The monoisotopic (exact) mass is 367 g/mol. The Labute approximate surface area is 137 Å². The van der Waals surface area contributed by atoms with E-state index in [0.717, 1.165) is 23.7 Å². The van der Waals surface area contributed by atoms with Crippen LogP contribution in [0.1, 0.15) is 42.5 Å². The van der Waals surface area contributed by atoms with Crippen LogP contribution in [-0.2, 0) is 9.53 Å². The highest BCUT2D eigenvalue weighted by Gasteiger charge is 2.53. The van der Waals surface area contributed by atoms with Crippen molar-refractivity contribution in [2.75, 3.05) is 6.61 Å². The van der Waals surface area contributed by atoms with E-state index in [0.29, 0.717) is 18.4 Å². The number of carboxylic acid groups (broad SMARTS) is 1. The molecule has 2 fully saturated rings. The molecule has 3 rings (SSSR count). The van der Waals surface area contributed by atoms with Crippen molar-refractivity contribution in [1.29, 1.82) is 0 Å². The van der Waals surface area contributed by atoms with Crippen molar-refractivity contribution in [3.8, 4) is 0 Å². The zero-order chi connectivity index (χ0) is 15.7. The second kappa shape index (κ2) is 6.01. The van der Waals surface area contributed by atoms with Crippen LogP contribution in [0, 0.1) is 0 Å². The summed E-state index contributed by atoms with van der Waals surface area (Å²) in [6.45, 7) is 0.0671. The molecule has 5 nitrogen and oxygen atoms in total. The average Bonchev–Trinajstić information content (AvgIpc) is 2.87. The quantitative estimate of drug-likeness (QED) is 0.872. The van der Waals surface area contributed by atoms with Crippen molar-refractivity contribution in [3.63, 3.8) is 0 Å². The van der Waals surface area contributed by atoms with Crippen LogP contribution >= 0.6 is 15.9 Å². The Hall–Kier alpha value is -1.40. The van der Waals surface area contributed by atoms with Crippen molar-refractivity contribution >= 4 is 27.8 Å². The highest BCUT2D eigenvalue weighted by molar-refractivity contribution is 9.10. The minimum absolute atomic E-state index is 0.0671. The van der Waals surface area contributed by atoms with Crippen molar-refractivity contribution in [3.05, 3.63) is 34.3 Å². The van der Waals surface area contributed by atoms with Crippen LogP contribution in [-0.4, -0.2) is 40.3 Å². The number of rotatable bonds is 2. The molecule has 22 heavy (non-hydrogen) atoms. The first-order valence-corrected chi connectivity index (χ1v) is 8.29. The highest BCUT2D eigenvalue weighted by atomic mass is 79.9. The molecule has 1 heterocycles. The zero-order valence-corrected chi connectivity index (χ0v) is 13.7. The second-order valence-electron chi connectivity index (χ2n) is 5.85. The molecule has 0 aromatic heterocycles. The smallest absolute Gasteiger partial charge is 0.328 e. The van der Waals surface area contributed by atoms with Gasteiger partial charge < -0.3 is 9.84 Å². The van der Waals surface area contributed by atoms with E-state index in [-0.39, 0.29) is 12.5 Å². The van der Waals surface area contributed by atoms with E-state index < -0.39 is 17.7 Å². The van der Waals surface area contributed by atoms with Gasteiger partial charge in [-0.05, 0) is 49.9 Å². The summed E-state index contributed by atoms with van der Waals surface area (Å²) in [5.41, 5.74) is -0.254. The Kier molecular flexibility index (Phi) is 4.23. The second-order valence-corrected chi connectivity index (χ2v) is 6.77. The maximum atomic E-state index is 12.9. The topological polar surface area (TPSA) is 66.8 Å². The first-order chi connectivity index (χ1) is 10.5. The molecule has 1 amide bonds. The standard InChI is InChI=1S/C16H18BrNO4/c17-12-6-4-11(5-7-12)14(19)18-13(15(20)21)10-22-16(18)8-2-1-3-9-16/h4-7,13H,1-3,8-10H2,(H,20,21)/t13-/m0/s1. The van der Waals surface area contributed by atoms with Crippen molar-refractivity contribution in [2.24, 2.45) is 0 Å². The number of carboxylic acids is 1. The molecule has 1 aliphatic carbocycles. The van der Waals surface area contributed by atoms with E-state index in [9.17, 15) is 14.7 Å². The van der Waals surface area contributed by atoms with E-state index in [1.54, 1.807) is 24.3 Å². The van der Waals surface area contributed by atoms with E-state index in [1.165, 1.54) is 4.90 Å². The number of hydrogen-bond donors (Lipinski definition) is 1. The van der Waals surface area contributed by atoms with Gasteiger partial charge in [0, 0.05) is 10.0 Å². The van der Waals surface area contributed by atoms with E-state index >= 15 is 0 Å². The molecule has 2 aliphatic rings. The highest BCUT2D eigenvalue weighted by Crippen LogP contribution is 2.41. The number of aliphatic carboxylic acids is 1. The third-order valence-corrected chi connectivity index (χ3v) is 5.02. The summed E-state index contributed by atoms with van der Waals surface area (Å²) in [6.07, 6.45) is 4.42. The van der Waals surface area contributed by atoms with E-state index in [2.05, 4.69) is 15.9 Å². The molecular formula is C16H18BrNO4. The fraction of sp³-hybridized carbons (Fsp3) is 0.500. The molecule has 1 spiro atoms. The number of ether oxygens (including phenoxy) is 1. The summed E-state index contributed by atoms with van der Waals surface area (Å²) < 4.78 is 6.73. The number of benzene rings is 1. The van der Waals surface area contributed by atoms with E-state index in [1.807, 2.05) is 0 Å². The normalized spacial score (nSPS) is 23.7. The molecule has 0 unspecified atom stereocenters. The Morgan fingerprint density at radius 1 is 1.18 bits per heavy atom. The number of carbonyl (C=O) groups excluding carboxylic acids is 1. The Morgan fingerprint density at radius 3 is 2.41 bits per heavy atom. The Morgan fingerprint density at radius 2 is 1.82 bits per heavy atom. The van der Waals surface area contributed by atoms with Crippen LogP contribution in [0.2, 0.25) is 0 Å². The van der Waals surface area contributed by atoms with Gasteiger partial charge in [0.1, 0.15) is 5.72 Å². The predicted molar refractivity (Wildman–Crippen MR) is 83.5 cm³/mol. The third-order valence-electron chi connectivity index (χ3n) is 4.49. The first-order valence-electron chi connectivity index (χ1n) is 7.49. The third kappa shape index (κ3) is 2.65. The molecular weight excluding hydrogens is 350 g/mol. The SMILES string of the molecule is O=C(O)[C@@H]1COC2(CCCCC2)N1C(=O)c1ccc(Br)cc1. The molecule has 1 aliphatic heterocycles. The number of carbonyl (C=O) groups is 2. The fourth-order valence-corrected chi connectivity index (χ4v) is 3.66. The summed E-state index contributed by atoms with van der Waals surface area (Å²) in [5.74, 6) is -1.27. The summed E-state index contributed by atoms with van der Waals surface area (Å²) in [6, 6.07) is 6.08. The minimum Gasteiger partial charge on any atom is -0.480 e. The van der Waals surface area contributed by atoms with Gasteiger partial charge in [0.25, 0.3) is 5.91 Å². The lowest BCUT2D eigenvalue weighted by atomic mass is 9.89. The van der Waals surface area contributed by atoms with Crippen LogP contribution < -0.4 is 0 Å². The molecule has 1 aromatic carbocycles. The molecule has 118 valence electrons. The molecule has 1 saturated heterocycles. The average molecular weight is 368 g/mol. The molecule has 1 N–H and O–H groups in total. The van der Waals surface area contributed by atoms with Crippen LogP contribution in [0.5, 0.6) is 0 Å². The number of halogens is 1. The maximum absolute atomic E-state index is 12.9. The van der Waals surface area contributed by atoms with Gasteiger partial charge in [0.15, 0.2) is 6.04 Å². The van der Waals surface area contributed by atoms with Crippen LogP contribution in [0.3, 0.4) is 0 Å². The molecule has 0 bridgehead atoms. The summed E-state index contributed by atoms with van der Waals surface area (Å²) >= 11 is 3.34. The largest absolute Gasteiger partial charge is 0.480 e. The lowest BCUT2D eigenvalue weighted by Crippen LogP contribution is -2.54. The molecule has 6 heteroatoms. The summed E-state index contributed by atoms with van der Waals surface area (Å²) in [4.78, 5) is 25.9. The first kappa shape index (κ1) is 15.5. The van der Waals surface area contributed by atoms with Crippen molar-refractivity contribution in [1.82, 2.24) is 4.90 Å². The molecule has 1 saturated carbocycles. The van der Waals surface area contributed by atoms with Gasteiger partial charge in [-0.2, -0.15) is 0 Å². The zero-order valence-electron chi connectivity index (χ0n) is 12.1. The van der Waals surface area contributed by atoms with Gasteiger partial charge in [-0.15, -0.1) is 0 Å². The molecule has 1 atom stereocenters. The van der Waals surface area contributed by atoms with Gasteiger partial charge in [-0.3, -0.25) is 9.69 Å². The Bertz CT molecular complexity index is 580. The van der Waals surface area contributed by atoms with Gasteiger partial charge in [-0.1, -0.05) is 22.4 Å². The summed E-state index contributed by atoms with van der Waals surface area (Å²) in [5, 5.41) is 9.46. The van der Waals surface area contributed by atoms with Crippen molar-refractivity contribution in [2.45, 2.75) is 43.9 Å². The van der Waals surface area contributed by atoms with Crippen LogP contribution in [0.25, 0.3) is 0 Å². The van der Waals surface area contributed by atoms with Crippen LogP contribution in [0.15, 0.2) is 28.7 Å². The summed E-state index contributed by atoms with van der Waals surface area (Å²) in [7, 11) is 0. The van der Waals surface area contributed by atoms with Crippen LogP contribution in [0.4, 0.5) is 0 Å². The van der Waals surface area contributed by atoms with Gasteiger partial charge >= 0.3 is 5.97 Å². The Balaban J connectivity index is 1.95. The number of hydrogen-bond acceptors (Lipinski definition) is 3. The molecule has 0 radical (unpaired) electrons. The number of nitrogens with zero attached hydrogens (tertiary/aromatic N) is 1. The van der Waals surface area contributed by atoms with Gasteiger partial charge in [-0.25, -0.2) is 4.79 Å². The minimum atomic E-state index is -1.01. The number of amides is 1. The van der Waals surface area contributed by atoms with Gasteiger partial charge in [0.05, 0.1) is 6.61 Å². The predicted octanol–water partition coefficient (Wildman–Crippen LogP) is 3.04. The fourth-order valence-electron chi connectivity index (χ4n) is 3.39.